The monoisotopic (exact) mass is 256 g/mol. The number of hydrogen-bond donors (Lipinski definition) is 1. The molecule has 1 heterocycles. The van der Waals surface area contributed by atoms with Gasteiger partial charge in [-0.2, -0.15) is 0 Å². The number of hydrogen-bond acceptors (Lipinski definition) is 4. The van der Waals surface area contributed by atoms with Gasteiger partial charge in [0.25, 0.3) is 0 Å². The van der Waals surface area contributed by atoms with Gasteiger partial charge >= 0.3 is 5.97 Å². The van der Waals surface area contributed by atoms with E-state index in [1.807, 2.05) is 25.7 Å². The molecule has 104 valence electrons. The third-order valence-corrected chi connectivity index (χ3v) is 2.66. The van der Waals surface area contributed by atoms with Gasteiger partial charge in [-0.25, -0.2) is 0 Å². The topological polar surface area (TPSA) is 58.6 Å². The van der Waals surface area contributed by atoms with Crippen molar-refractivity contribution < 1.29 is 14.3 Å². The van der Waals surface area contributed by atoms with Crippen LogP contribution in [-0.2, 0) is 14.3 Å². The van der Waals surface area contributed by atoms with E-state index in [2.05, 4.69) is 5.32 Å². The number of carbonyl (C=O) groups is 2. The third-order valence-electron chi connectivity index (χ3n) is 2.66. The van der Waals surface area contributed by atoms with Crippen LogP contribution in [0, 0.1) is 0 Å². The average Bonchev–Trinajstić information content (AvgIpc) is 2.74. The standard InChI is InChI=1S/C13H24N2O3/c1-13(2,3)18-12(17)6-7-14-10-11(16)15-8-4-5-9-15/h14H,4-10H2,1-3H3. The molecule has 5 nitrogen and oxygen atoms in total. The Kier molecular flexibility index (Phi) is 5.59. The summed E-state index contributed by atoms with van der Waals surface area (Å²) < 4.78 is 5.17. The number of rotatable bonds is 5. The summed E-state index contributed by atoms with van der Waals surface area (Å²) in [6, 6.07) is 0. The van der Waals surface area contributed by atoms with Crippen LogP contribution >= 0.6 is 0 Å². The van der Waals surface area contributed by atoms with E-state index in [0.29, 0.717) is 19.5 Å². The molecule has 0 unspecified atom stereocenters. The number of nitrogens with zero attached hydrogens (tertiary/aromatic N) is 1. The first-order valence-electron chi connectivity index (χ1n) is 6.59. The van der Waals surface area contributed by atoms with Gasteiger partial charge in [0.2, 0.25) is 5.91 Å². The highest BCUT2D eigenvalue weighted by atomic mass is 16.6. The zero-order chi connectivity index (χ0) is 13.6. The molecule has 0 spiro atoms. The maximum atomic E-state index is 11.7. The molecule has 0 bridgehead atoms. The molecule has 0 atom stereocenters. The number of nitrogens with one attached hydrogen (secondary N) is 1. The van der Waals surface area contributed by atoms with Crippen molar-refractivity contribution in [2.45, 2.75) is 45.6 Å². The second-order valence-electron chi connectivity index (χ2n) is 5.60. The number of esters is 1. The van der Waals surface area contributed by atoms with Gasteiger partial charge in [0, 0.05) is 19.6 Å². The molecule has 0 aromatic heterocycles. The van der Waals surface area contributed by atoms with E-state index in [1.165, 1.54) is 0 Å². The fourth-order valence-electron chi connectivity index (χ4n) is 1.86. The Morgan fingerprint density at radius 1 is 1.22 bits per heavy atom. The maximum Gasteiger partial charge on any atom is 0.307 e. The van der Waals surface area contributed by atoms with Crippen LogP contribution in [0.25, 0.3) is 0 Å². The molecular weight excluding hydrogens is 232 g/mol. The van der Waals surface area contributed by atoms with Gasteiger partial charge in [-0.3, -0.25) is 9.59 Å². The summed E-state index contributed by atoms with van der Waals surface area (Å²) in [5, 5.41) is 2.99. The summed E-state index contributed by atoms with van der Waals surface area (Å²) in [5.41, 5.74) is -0.442. The Labute approximate surface area is 109 Å². The molecule has 1 N–H and O–H groups in total. The van der Waals surface area contributed by atoms with Crippen molar-refractivity contribution in [3.8, 4) is 0 Å². The lowest BCUT2D eigenvalue weighted by Crippen LogP contribution is -2.37. The first-order valence-corrected chi connectivity index (χ1v) is 6.59. The van der Waals surface area contributed by atoms with Crippen LogP contribution in [0.5, 0.6) is 0 Å². The molecule has 1 fully saturated rings. The predicted molar refractivity (Wildman–Crippen MR) is 69.1 cm³/mol. The van der Waals surface area contributed by atoms with Gasteiger partial charge in [-0.05, 0) is 33.6 Å². The molecule has 1 rings (SSSR count). The zero-order valence-corrected chi connectivity index (χ0v) is 11.6. The fourth-order valence-corrected chi connectivity index (χ4v) is 1.86. The summed E-state index contributed by atoms with van der Waals surface area (Å²) in [6.45, 7) is 8.05. The Balaban J connectivity index is 2.07. The van der Waals surface area contributed by atoms with Crippen molar-refractivity contribution in [2.24, 2.45) is 0 Å². The lowest BCUT2D eigenvalue weighted by Gasteiger charge is -2.19. The third kappa shape index (κ3) is 6.00. The molecule has 18 heavy (non-hydrogen) atoms. The molecule has 1 amide bonds. The summed E-state index contributed by atoms with van der Waals surface area (Å²) in [6.07, 6.45) is 2.50. The van der Waals surface area contributed by atoms with Gasteiger partial charge in [-0.15, -0.1) is 0 Å². The molecule has 0 aromatic rings. The smallest absolute Gasteiger partial charge is 0.307 e. The van der Waals surface area contributed by atoms with Crippen molar-refractivity contribution in [1.29, 1.82) is 0 Å². The molecule has 0 radical (unpaired) electrons. The number of likely N-dealkylation sites (tertiary alicyclic amines) is 1. The summed E-state index contributed by atoms with van der Waals surface area (Å²) in [5.74, 6) is -0.111. The minimum atomic E-state index is -0.442. The molecule has 1 aliphatic rings. The van der Waals surface area contributed by atoms with Crippen LogP contribution < -0.4 is 5.32 Å². The minimum Gasteiger partial charge on any atom is -0.460 e. The van der Waals surface area contributed by atoms with Crippen LogP contribution in [0.4, 0.5) is 0 Å². The van der Waals surface area contributed by atoms with Crippen LogP contribution in [0.1, 0.15) is 40.0 Å². The first kappa shape index (κ1) is 15.0. The van der Waals surface area contributed by atoms with Crippen molar-refractivity contribution in [1.82, 2.24) is 10.2 Å². The van der Waals surface area contributed by atoms with Gasteiger partial charge in [0.1, 0.15) is 5.60 Å². The van der Waals surface area contributed by atoms with Crippen molar-refractivity contribution in [2.75, 3.05) is 26.2 Å². The van der Waals surface area contributed by atoms with Crippen LogP contribution in [0.15, 0.2) is 0 Å². The predicted octanol–water partition coefficient (Wildman–Crippen LogP) is 0.930. The Bertz CT molecular complexity index is 291. The Hall–Kier alpha value is -1.10. The van der Waals surface area contributed by atoms with Crippen LogP contribution in [0.2, 0.25) is 0 Å². The maximum absolute atomic E-state index is 11.7. The van der Waals surface area contributed by atoms with Crippen molar-refractivity contribution in [3.05, 3.63) is 0 Å². The van der Waals surface area contributed by atoms with Crippen molar-refractivity contribution >= 4 is 11.9 Å². The minimum absolute atomic E-state index is 0.122. The SMILES string of the molecule is CC(C)(C)OC(=O)CCNCC(=O)N1CCCC1. The summed E-state index contributed by atoms with van der Waals surface area (Å²) in [4.78, 5) is 24.9. The highest BCUT2D eigenvalue weighted by Crippen LogP contribution is 2.08. The van der Waals surface area contributed by atoms with E-state index in [-0.39, 0.29) is 11.9 Å². The van der Waals surface area contributed by atoms with E-state index in [4.69, 9.17) is 4.74 Å². The molecule has 0 aromatic carbocycles. The number of ether oxygens (including phenoxy) is 1. The van der Waals surface area contributed by atoms with Gasteiger partial charge in [0.15, 0.2) is 0 Å². The highest BCUT2D eigenvalue weighted by molar-refractivity contribution is 5.78. The lowest BCUT2D eigenvalue weighted by atomic mass is 10.2. The normalized spacial score (nSPS) is 15.8. The van der Waals surface area contributed by atoms with Gasteiger partial charge in [0.05, 0.1) is 13.0 Å². The zero-order valence-electron chi connectivity index (χ0n) is 11.6. The largest absolute Gasteiger partial charge is 0.460 e. The molecular formula is C13H24N2O3. The Morgan fingerprint density at radius 3 is 2.39 bits per heavy atom. The molecule has 0 aliphatic carbocycles. The molecule has 5 heteroatoms. The van der Waals surface area contributed by atoms with Gasteiger partial charge in [-0.1, -0.05) is 0 Å². The summed E-state index contributed by atoms with van der Waals surface area (Å²) in [7, 11) is 0. The van der Waals surface area contributed by atoms with E-state index >= 15 is 0 Å². The molecule has 1 saturated heterocycles. The van der Waals surface area contributed by atoms with Crippen LogP contribution in [-0.4, -0.2) is 48.6 Å². The quantitative estimate of drug-likeness (QED) is 0.587. The second-order valence-corrected chi connectivity index (χ2v) is 5.60. The Morgan fingerprint density at radius 2 is 1.83 bits per heavy atom. The fraction of sp³-hybridized carbons (Fsp3) is 0.846. The van der Waals surface area contributed by atoms with E-state index in [9.17, 15) is 9.59 Å². The van der Waals surface area contributed by atoms with Crippen LogP contribution in [0.3, 0.4) is 0 Å². The lowest BCUT2D eigenvalue weighted by molar-refractivity contribution is -0.154. The van der Waals surface area contributed by atoms with E-state index in [1.54, 1.807) is 0 Å². The van der Waals surface area contributed by atoms with Gasteiger partial charge < -0.3 is 15.0 Å². The van der Waals surface area contributed by atoms with E-state index in [0.717, 1.165) is 25.9 Å². The van der Waals surface area contributed by atoms with E-state index < -0.39 is 5.60 Å². The second kappa shape index (κ2) is 6.73. The number of carbonyl (C=O) groups excluding carboxylic acids is 2. The molecule has 0 saturated carbocycles. The molecule has 1 aliphatic heterocycles. The van der Waals surface area contributed by atoms with Crippen molar-refractivity contribution in [3.63, 3.8) is 0 Å². The summed E-state index contributed by atoms with van der Waals surface area (Å²) >= 11 is 0. The average molecular weight is 256 g/mol. The highest BCUT2D eigenvalue weighted by Gasteiger charge is 2.18. The number of amides is 1. The first-order chi connectivity index (χ1) is 8.38.